The molecule has 88 valence electrons. The molecule has 1 aromatic rings. The summed E-state index contributed by atoms with van der Waals surface area (Å²) in [5, 5.41) is 7.85. The molecule has 4 nitrogen and oxygen atoms in total. The van der Waals surface area contributed by atoms with Gasteiger partial charge in [-0.1, -0.05) is 12.8 Å². The van der Waals surface area contributed by atoms with Gasteiger partial charge in [0.25, 0.3) is 0 Å². The van der Waals surface area contributed by atoms with Crippen molar-refractivity contribution in [1.82, 2.24) is 20.1 Å². The number of aromatic nitrogens is 3. The lowest BCUT2D eigenvalue weighted by atomic mass is 9.99. The van der Waals surface area contributed by atoms with Crippen LogP contribution in [0.1, 0.15) is 43.3 Å². The minimum Gasteiger partial charge on any atom is -0.316 e. The van der Waals surface area contributed by atoms with Crippen LogP contribution in [0.3, 0.4) is 0 Å². The van der Waals surface area contributed by atoms with Crippen LogP contribution in [-0.4, -0.2) is 27.9 Å². The van der Waals surface area contributed by atoms with Crippen LogP contribution < -0.4 is 5.32 Å². The van der Waals surface area contributed by atoms with Crippen molar-refractivity contribution in [2.45, 2.75) is 38.0 Å². The third-order valence-electron chi connectivity index (χ3n) is 3.90. The van der Waals surface area contributed by atoms with Gasteiger partial charge in [-0.3, -0.25) is 4.68 Å². The van der Waals surface area contributed by atoms with Crippen molar-refractivity contribution in [2.24, 2.45) is 13.0 Å². The van der Waals surface area contributed by atoms with Crippen LogP contribution >= 0.6 is 0 Å². The molecule has 0 spiro atoms. The van der Waals surface area contributed by atoms with Gasteiger partial charge in [-0.05, 0) is 31.8 Å². The van der Waals surface area contributed by atoms with Crippen molar-refractivity contribution in [2.75, 3.05) is 13.1 Å². The van der Waals surface area contributed by atoms with Gasteiger partial charge in [-0.2, -0.15) is 5.10 Å². The maximum Gasteiger partial charge on any atom is 0.151 e. The molecule has 0 radical (unpaired) electrons. The van der Waals surface area contributed by atoms with Gasteiger partial charge in [0.15, 0.2) is 5.82 Å². The molecule has 1 aromatic heterocycles. The van der Waals surface area contributed by atoms with Crippen LogP contribution in [0.15, 0.2) is 0 Å². The molecule has 1 N–H and O–H groups in total. The summed E-state index contributed by atoms with van der Waals surface area (Å²) in [6.07, 6.45) is 6.38. The van der Waals surface area contributed by atoms with Crippen molar-refractivity contribution in [3.63, 3.8) is 0 Å². The Labute approximate surface area is 96.4 Å². The van der Waals surface area contributed by atoms with Gasteiger partial charge in [-0.15, -0.1) is 0 Å². The second-order valence-corrected chi connectivity index (χ2v) is 5.22. The second-order valence-electron chi connectivity index (χ2n) is 5.22. The van der Waals surface area contributed by atoms with E-state index in [9.17, 15) is 0 Å². The predicted octanol–water partition coefficient (Wildman–Crippen LogP) is 1.23. The molecule has 3 rings (SSSR count). The van der Waals surface area contributed by atoms with E-state index >= 15 is 0 Å². The van der Waals surface area contributed by atoms with Crippen molar-refractivity contribution < 1.29 is 0 Å². The van der Waals surface area contributed by atoms with Crippen molar-refractivity contribution in [3.05, 3.63) is 11.6 Å². The highest BCUT2D eigenvalue weighted by molar-refractivity contribution is 5.03. The maximum absolute atomic E-state index is 4.74. The van der Waals surface area contributed by atoms with E-state index in [-0.39, 0.29) is 0 Å². The number of rotatable bonds is 3. The van der Waals surface area contributed by atoms with Crippen molar-refractivity contribution in [3.8, 4) is 0 Å². The van der Waals surface area contributed by atoms with Gasteiger partial charge in [0.1, 0.15) is 5.82 Å². The number of nitrogens with one attached hydrogen (secondary N) is 1. The second kappa shape index (κ2) is 4.17. The lowest BCUT2D eigenvalue weighted by molar-refractivity contribution is 0.341. The Hall–Kier alpha value is -0.900. The highest BCUT2D eigenvalue weighted by Gasteiger charge is 2.24. The van der Waals surface area contributed by atoms with Gasteiger partial charge in [0.2, 0.25) is 0 Å². The smallest absolute Gasteiger partial charge is 0.151 e. The summed E-state index contributed by atoms with van der Waals surface area (Å²) in [6.45, 7) is 2.27. The summed E-state index contributed by atoms with van der Waals surface area (Å²) in [5.41, 5.74) is 0. The summed E-state index contributed by atoms with van der Waals surface area (Å²) in [4.78, 5) is 4.74. The van der Waals surface area contributed by atoms with E-state index in [4.69, 9.17) is 4.98 Å². The van der Waals surface area contributed by atoms with Crippen molar-refractivity contribution in [1.29, 1.82) is 0 Å². The number of hydrogen-bond acceptors (Lipinski definition) is 3. The first-order valence-corrected chi connectivity index (χ1v) is 6.43. The molecular formula is C12H20N4. The molecule has 1 aliphatic carbocycles. The predicted molar refractivity (Wildman–Crippen MR) is 62.3 cm³/mol. The van der Waals surface area contributed by atoms with E-state index in [1.165, 1.54) is 31.5 Å². The van der Waals surface area contributed by atoms with Crippen LogP contribution in [0.25, 0.3) is 0 Å². The molecule has 0 unspecified atom stereocenters. The van der Waals surface area contributed by atoms with Crippen LogP contribution in [0.2, 0.25) is 0 Å². The zero-order valence-corrected chi connectivity index (χ0v) is 9.95. The molecule has 1 saturated heterocycles. The largest absolute Gasteiger partial charge is 0.316 e. The van der Waals surface area contributed by atoms with Crippen molar-refractivity contribution >= 4 is 0 Å². The zero-order valence-electron chi connectivity index (χ0n) is 9.95. The summed E-state index contributed by atoms with van der Waals surface area (Å²) in [5.74, 6) is 3.71. The molecule has 0 atom stereocenters. The van der Waals surface area contributed by atoms with Gasteiger partial charge >= 0.3 is 0 Å². The average Bonchev–Trinajstić information content (AvgIpc) is 2.80. The highest BCUT2D eigenvalue weighted by atomic mass is 15.3. The summed E-state index contributed by atoms with van der Waals surface area (Å²) >= 11 is 0. The Kier molecular flexibility index (Phi) is 2.67. The molecule has 2 aliphatic rings. The van der Waals surface area contributed by atoms with Crippen LogP contribution in [-0.2, 0) is 13.5 Å². The van der Waals surface area contributed by atoms with E-state index < -0.39 is 0 Å². The highest BCUT2D eigenvalue weighted by Crippen LogP contribution is 2.32. The minimum absolute atomic E-state index is 0.672. The van der Waals surface area contributed by atoms with E-state index in [0.717, 1.165) is 31.3 Å². The van der Waals surface area contributed by atoms with E-state index in [1.807, 2.05) is 11.7 Å². The SMILES string of the molecule is Cn1nc(CC2CNC2)nc1C1CCCC1. The quantitative estimate of drug-likeness (QED) is 0.833. The molecule has 1 saturated carbocycles. The van der Waals surface area contributed by atoms with Gasteiger partial charge in [-0.25, -0.2) is 4.98 Å². The Morgan fingerprint density at radius 2 is 2.06 bits per heavy atom. The standard InChI is InChI=1S/C12H20N4/c1-16-12(10-4-2-3-5-10)14-11(15-16)6-9-7-13-8-9/h9-10,13H,2-8H2,1H3. The fourth-order valence-corrected chi connectivity index (χ4v) is 2.83. The van der Waals surface area contributed by atoms with Gasteiger partial charge in [0, 0.05) is 19.4 Å². The molecule has 2 fully saturated rings. The van der Waals surface area contributed by atoms with E-state index in [0.29, 0.717) is 5.92 Å². The monoisotopic (exact) mass is 220 g/mol. The first kappa shape index (κ1) is 10.3. The molecular weight excluding hydrogens is 200 g/mol. The summed E-state index contributed by atoms with van der Waals surface area (Å²) in [6, 6.07) is 0. The lowest BCUT2D eigenvalue weighted by Crippen LogP contribution is -2.43. The first-order valence-electron chi connectivity index (χ1n) is 6.43. The molecule has 4 heteroatoms. The normalized spacial score (nSPS) is 22.6. The average molecular weight is 220 g/mol. The fourth-order valence-electron chi connectivity index (χ4n) is 2.83. The molecule has 16 heavy (non-hydrogen) atoms. The Bertz CT molecular complexity index is 361. The molecule has 1 aliphatic heterocycles. The lowest BCUT2D eigenvalue weighted by Gasteiger charge is -2.25. The number of nitrogens with zero attached hydrogens (tertiary/aromatic N) is 3. The topological polar surface area (TPSA) is 42.7 Å². The summed E-state index contributed by atoms with van der Waals surface area (Å²) in [7, 11) is 2.04. The first-order chi connectivity index (χ1) is 7.83. The van der Waals surface area contributed by atoms with Crippen LogP contribution in [0.5, 0.6) is 0 Å². The minimum atomic E-state index is 0.672. The Morgan fingerprint density at radius 1 is 1.31 bits per heavy atom. The molecule has 2 heterocycles. The third kappa shape index (κ3) is 1.86. The Balaban J connectivity index is 1.72. The van der Waals surface area contributed by atoms with Gasteiger partial charge < -0.3 is 5.32 Å². The number of hydrogen-bond donors (Lipinski definition) is 1. The zero-order chi connectivity index (χ0) is 11.0. The third-order valence-corrected chi connectivity index (χ3v) is 3.90. The van der Waals surface area contributed by atoms with Crippen LogP contribution in [0.4, 0.5) is 0 Å². The molecule has 0 aromatic carbocycles. The molecule has 0 bridgehead atoms. The fraction of sp³-hybridized carbons (Fsp3) is 0.833. The van der Waals surface area contributed by atoms with Gasteiger partial charge in [0.05, 0.1) is 0 Å². The maximum atomic E-state index is 4.74. The number of aryl methyl sites for hydroxylation is 1. The van der Waals surface area contributed by atoms with E-state index in [2.05, 4.69) is 10.4 Å². The van der Waals surface area contributed by atoms with Crippen LogP contribution in [0, 0.1) is 5.92 Å². The molecule has 0 amide bonds. The van der Waals surface area contributed by atoms with E-state index in [1.54, 1.807) is 0 Å². The Morgan fingerprint density at radius 3 is 2.69 bits per heavy atom. The summed E-state index contributed by atoms with van der Waals surface area (Å²) < 4.78 is 2.01.